The predicted octanol–water partition coefficient (Wildman–Crippen LogP) is 3.12. The summed E-state index contributed by atoms with van der Waals surface area (Å²) in [6.07, 6.45) is 0.684. The molecule has 1 aliphatic rings. The Morgan fingerprint density at radius 2 is 1.90 bits per heavy atom. The molecule has 0 saturated carbocycles. The van der Waals surface area contributed by atoms with Crippen molar-refractivity contribution in [2.75, 3.05) is 52.0 Å². The summed E-state index contributed by atoms with van der Waals surface area (Å²) in [5.41, 5.74) is 2.85. The number of hydrogen-bond donors (Lipinski definition) is 1. The van der Waals surface area contributed by atoms with Gasteiger partial charge in [-0.1, -0.05) is 18.2 Å². The highest BCUT2D eigenvalue weighted by atomic mass is 32.1. The maximum Gasteiger partial charge on any atom is 0.280 e. The van der Waals surface area contributed by atoms with Crippen molar-refractivity contribution in [3.05, 3.63) is 47.0 Å². The first-order valence-corrected chi connectivity index (χ1v) is 10.7. The van der Waals surface area contributed by atoms with Crippen LogP contribution in [0, 0.1) is 0 Å². The van der Waals surface area contributed by atoms with Crippen molar-refractivity contribution in [2.24, 2.45) is 0 Å². The first-order chi connectivity index (χ1) is 14.7. The van der Waals surface area contributed by atoms with Crippen LogP contribution in [0.5, 0.6) is 11.5 Å². The summed E-state index contributed by atoms with van der Waals surface area (Å²) < 4.78 is 17.3. The van der Waals surface area contributed by atoms with Gasteiger partial charge in [0.15, 0.2) is 5.01 Å². The van der Waals surface area contributed by atoms with Crippen molar-refractivity contribution in [2.45, 2.75) is 6.42 Å². The first kappa shape index (κ1) is 20.4. The zero-order chi connectivity index (χ0) is 20.9. The molecule has 0 bridgehead atoms. The summed E-state index contributed by atoms with van der Waals surface area (Å²) in [7, 11) is 3.27. The standard InChI is InChI=1S/C22H25N3O4S/c1-27-17-6-4-3-5-15(17)9-10-23-21(26)22-24-19-18(28-2)8-7-16(20(19)30-22)25-11-13-29-14-12-25/h3-8H,9-14H2,1-2H3,(H,23,26). The van der Waals surface area contributed by atoms with Gasteiger partial charge in [0.2, 0.25) is 0 Å². The Hall–Kier alpha value is -2.84. The molecule has 0 spiro atoms. The van der Waals surface area contributed by atoms with Crippen LogP contribution in [0.15, 0.2) is 36.4 Å². The fourth-order valence-electron chi connectivity index (χ4n) is 3.58. The molecule has 30 heavy (non-hydrogen) atoms. The number of benzene rings is 2. The molecular formula is C22H25N3O4S. The van der Waals surface area contributed by atoms with E-state index >= 15 is 0 Å². The molecule has 4 rings (SSSR count). The number of amides is 1. The Kier molecular flexibility index (Phi) is 6.35. The van der Waals surface area contributed by atoms with E-state index < -0.39 is 0 Å². The molecular weight excluding hydrogens is 402 g/mol. The lowest BCUT2D eigenvalue weighted by molar-refractivity contribution is 0.0954. The Balaban J connectivity index is 1.52. The first-order valence-electron chi connectivity index (χ1n) is 9.91. The summed E-state index contributed by atoms with van der Waals surface area (Å²) in [4.78, 5) is 19.6. The highest BCUT2D eigenvalue weighted by molar-refractivity contribution is 7.21. The van der Waals surface area contributed by atoms with Gasteiger partial charge in [-0.15, -0.1) is 11.3 Å². The van der Waals surface area contributed by atoms with Gasteiger partial charge in [0.05, 0.1) is 37.8 Å². The van der Waals surface area contributed by atoms with Crippen molar-refractivity contribution >= 4 is 33.1 Å². The topological polar surface area (TPSA) is 72.9 Å². The van der Waals surface area contributed by atoms with Crippen molar-refractivity contribution in [3.8, 4) is 11.5 Å². The van der Waals surface area contributed by atoms with E-state index in [1.165, 1.54) is 11.3 Å². The zero-order valence-corrected chi connectivity index (χ0v) is 18.0. The molecule has 7 nitrogen and oxygen atoms in total. The number of aromatic nitrogens is 1. The Morgan fingerprint density at radius 1 is 1.13 bits per heavy atom. The molecule has 0 radical (unpaired) electrons. The zero-order valence-electron chi connectivity index (χ0n) is 17.1. The smallest absolute Gasteiger partial charge is 0.280 e. The van der Waals surface area contributed by atoms with Gasteiger partial charge in [-0.3, -0.25) is 4.79 Å². The highest BCUT2D eigenvalue weighted by Gasteiger charge is 2.21. The van der Waals surface area contributed by atoms with Gasteiger partial charge in [0, 0.05) is 19.6 Å². The number of nitrogens with one attached hydrogen (secondary N) is 1. The van der Waals surface area contributed by atoms with Crippen LogP contribution in [0.1, 0.15) is 15.4 Å². The molecule has 8 heteroatoms. The average Bonchev–Trinajstić information content (AvgIpc) is 3.25. The molecule has 0 unspecified atom stereocenters. The van der Waals surface area contributed by atoms with Crippen LogP contribution in [0.4, 0.5) is 5.69 Å². The minimum atomic E-state index is -0.180. The number of methoxy groups -OCH3 is 2. The van der Waals surface area contributed by atoms with Crippen molar-refractivity contribution in [3.63, 3.8) is 0 Å². The minimum absolute atomic E-state index is 0.180. The molecule has 3 aromatic rings. The number of morpholine rings is 1. The van der Waals surface area contributed by atoms with E-state index in [9.17, 15) is 4.79 Å². The largest absolute Gasteiger partial charge is 0.496 e. The van der Waals surface area contributed by atoms with Crippen molar-refractivity contribution < 1.29 is 19.0 Å². The quantitative estimate of drug-likeness (QED) is 0.625. The normalized spacial score (nSPS) is 14.0. The van der Waals surface area contributed by atoms with Gasteiger partial charge in [-0.25, -0.2) is 4.98 Å². The molecule has 1 aliphatic heterocycles. The number of hydrogen-bond acceptors (Lipinski definition) is 7. The number of rotatable bonds is 7. The number of ether oxygens (including phenoxy) is 3. The highest BCUT2D eigenvalue weighted by Crippen LogP contribution is 2.37. The molecule has 1 fully saturated rings. The number of anilines is 1. The second-order valence-electron chi connectivity index (χ2n) is 6.90. The van der Waals surface area contributed by atoms with E-state index in [0.29, 0.717) is 36.9 Å². The maximum absolute atomic E-state index is 12.8. The SMILES string of the molecule is COc1ccccc1CCNC(=O)c1nc2c(OC)ccc(N3CCOCC3)c2s1. The van der Waals surface area contributed by atoms with Crippen LogP contribution in [0.3, 0.4) is 0 Å². The molecule has 2 heterocycles. The third-order valence-corrected chi connectivity index (χ3v) is 6.20. The number of carbonyl (C=O) groups is 1. The Morgan fingerprint density at radius 3 is 2.67 bits per heavy atom. The third-order valence-electron chi connectivity index (χ3n) is 5.12. The van der Waals surface area contributed by atoms with Crippen molar-refractivity contribution in [1.82, 2.24) is 10.3 Å². The van der Waals surface area contributed by atoms with Gasteiger partial charge in [0.25, 0.3) is 5.91 Å². The van der Waals surface area contributed by atoms with Crippen LogP contribution in [-0.2, 0) is 11.2 Å². The van der Waals surface area contributed by atoms with E-state index in [2.05, 4.69) is 15.2 Å². The molecule has 0 atom stereocenters. The summed E-state index contributed by atoms with van der Waals surface area (Å²) in [6.45, 7) is 3.54. The van der Waals surface area contributed by atoms with Gasteiger partial charge < -0.3 is 24.4 Å². The second-order valence-corrected chi connectivity index (χ2v) is 7.90. The summed E-state index contributed by atoms with van der Waals surface area (Å²) in [5.74, 6) is 1.32. The summed E-state index contributed by atoms with van der Waals surface area (Å²) >= 11 is 1.40. The summed E-state index contributed by atoms with van der Waals surface area (Å²) in [6, 6.07) is 11.8. The molecule has 1 N–H and O–H groups in total. The number of thiazole rings is 1. The second kappa shape index (κ2) is 9.32. The summed E-state index contributed by atoms with van der Waals surface area (Å²) in [5, 5.41) is 3.41. The van der Waals surface area contributed by atoms with E-state index in [-0.39, 0.29) is 5.91 Å². The lowest BCUT2D eigenvalue weighted by Crippen LogP contribution is -2.36. The lowest BCUT2D eigenvalue weighted by atomic mass is 10.1. The maximum atomic E-state index is 12.8. The molecule has 1 saturated heterocycles. The van der Waals surface area contributed by atoms with Crippen LogP contribution in [0.25, 0.3) is 10.2 Å². The van der Waals surface area contributed by atoms with Crippen LogP contribution >= 0.6 is 11.3 Å². The fourth-order valence-corrected chi connectivity index (χ4v) is 4.62. The third kappa shape index (κ3) is 4.20. The van der Waals surface area contributed by atoms with Gasteiger partial charge in [-0.05, 0) is 30.2 Å². The van der Waals surface area contributed by atoms with Crippen LogP contribution < -0.4 is 19.7 Å². The average molecular weight is 428 g/mol. The number of fused-ring (bicyclic) bond motifs is 1. The predicted molar refractivity (Wildman–Crippen MR) is 118 cm³/mol. The Labute approximate surface area is 179 Å². The number of para-hydroxylation sites is 1. The van der Waals surface area contributed by atoms with Gasteiger partial charge in [0.1, 0.15) is 17.0 Å². The van der Waals surface area contributed by atoms with Gasteiger partial charge >= 0.3 is 0 Å². The molecule has 2 aromatic carbocycles. The van der Waals surface area contributed by atoms with Crippen LogP contribution in [0.2, 0.25) is 0 Å². The molecule has 158 valence electrons. The minimum Gasteiger partial charge on any atom is -0.496 e. The van der Waals surface area contributed by atoms with Crippen LogP contribution in [-0.4, -0.2) is 58.0 Å². The van der Waals surface area contributed by atoms with E-state index in [4.69, 9.17) is 14.2 Å². The molecule has 1 amide bonds. The molecule has 1 aromatic heterocycles. The number of nitrogens with zero attached hydrogens (tertiary/aromatic N) is 2. The van der Waals surface area contributed by atoms with E-state index in [1.54, 1.807) is 14.2 Å². The van der Waals surface area contributed by atoms with E-state index in [1.807, 2.05) is 36.4 Å². The van der Waals surface area contributed by atoms with Crippen molar-refractivity contribution in [1.29, 1.82) is 0 Å². The number of carbonyl (C=O) groups excluding carboxylic acids is 1. The Bertz CT molecular complexity index is 1030. The molecule has 0 aliphatic carbocycles. The fraction of sp³-hybridized carbons (Fsp3) is 0.364. The monoisotopic (exact) mass is 427 g/mol. The van der Waals surface area contributed by atoms with E-state index in [0.717, 1.165) is 40.3 Å². The van der Waals surface area contributed by atoms with Gasteiger partial charge in [-0.2, -0.15) is 0 Å². The lowest BCUT2D eigenvalue weighted by Gasteiger charge is -2.29.